The third-order valence-electron chi connectivity index (χ3n) is 3.74. The van der Waals surface area contributed by atoms with Crippen LogP contribution in [0.3, 0.4) is 0 Å². The van der Waals surface area contributed by atoms with Crippen molar-refractivity contribution < 1.29 is 14.3 Å². The van der Waals surface area contributed by atoms with E-state index < -0.39 is 5.97 Å². The molecule has 1 aliphatic carbocycles. The minimum Gasteiger partial charge on any atom is -0.456 e. The van der Waals surface area contributed by atoms with E-state index in [1.807, 2.05) is 19.9 Å². The van der Waals surface area contributed by atoms with Gasteiger partial charge in [-0.15, -0.1) is 5.10 Å². The highest BCUT2D eigenvalue weighted by molar-refractivity contribution is 5.99. The zero-order valence-corrected chi connectivity index (χ0v) is 12.5. The maximum Gasteiger partial charge on any atom is 0.328 e. The van der Waals surface area contributed by atoms with Gasteiger partial charge in [0.15, 0.2) is 6.61 Å². The first-order valence-electron chi connectivity index (χ1n) is 7.14. The average Bonchev–Trinajstić information content (AvgIpc) is 3.09. The summed E-state index contributed by atoms with van der Waals surface area (Å²) in [5, 5.41) is 10.4. The highest BCUT2D eigenvalue weighted by Gasteiger charge is 2.28. The predicted molar refractivity (Wildman–Crippen MR) is 75.3 cm³/mol. The fourth-order valence-electron chi connectivity index (χ4n) is 2.61. The Hall–Kier alpha value is -2.51. The van der Waals surface area contributed by atoms with Gasteiger partial charge in [-0.25, -0.2) is 4.68 Å². The summed E-state index contributed by atoms with van der Waals surface area (Å²) in [5.74, 6) is -0.735. The number of nitrogens with zero attached hydrogens (tertiary/aromatic N) is 5. The second kappa shape index (κ2) is 5.70. The van der Waals surface area contributed by atoms with E-state index in [-0.39, 0.29) is 18.9 Å². The minimum atomic E-state index is -0.545. The molecule has 3 rings (SSSR count). The number of tetrazole rings is 1. The van der Waals surface area contributed by atoms with Crippen molar-refractivity contribution in [1.82, 2.24) is 24.8 Å². The highest BCUT2D eigenvalue weighted by atomic mass is 16.5. The van der Waals surface area contributed by atoms with Crippen LogP contribution in [0, 0.1) is 13.8 Å². The molecule has 22 heavy (non-hydrogen) atoms. The molecule has 0 aromatic carbocycles. The standard InChI is InChI=1S/C14H17N5O3/c1-9-5-12(10(2)19(9)11-3-4-11)13(20)7-22-14(21)6-18-8-15-16-17-18/h5,8,11H,3-4,6-7H2,1-2H3. The van der Waals surface area contributed by atoms with E-state index in [9.17, 15) is 9.59 Å². The van der Waals surface area contributed by atoms with E-state index in [4.69, 9.17) is 4.74 Å². The monoisotopic (exact) mass is 303 g/mol. The summed E-state index contributed by atoms with van der Waals surface area (Å²) in [6.07, 6.45) is 3.63. The molecule has 1 fully saturated rings. The summed E-state index contributed by atoms with van der Waals surface area (Å²) >= 11 is 0. The number of rotatable bonds is 6. The number of hydrogen-bond acceptors (Lipinski definition) is 6. The molecule has 0 N–H and O–H groups in total. The van der Waals surface area contributed by atoms with Crippen LogP contribution in [0.2, 0.25) is 0 Å². The molecular formula is C14H17N5O3. The molecular weight excluding hydrogens is 286 g/mol. The first-order chi connectivity index (χ1) is 10.6. The summed E-state index contributed by atoms with van der Waals surface area (Å²) in [7, 11) is 0. The molecule has 0 atom stereocenters. The van der Waals surface area contributed by atoms with Crippen molar-refractivity contribution in [3.05, 3.63) is 29.3 Å². The van der Waals surface area contributed by atoms with Crippen molar-refractivity contribution in [3.8, 4) is 0 Å². The van der Waals surface area contributed by atoms with Gasteiger partial charge >= 0.3 is 5.97 Å². The average molecular weight is 303 g/mol. The van der Waals surface area contributed by atoms with Gasteiger partial charge in [-0.3, -0.25) is 9.59 Å². The van der Waals surface area contributed by atoms with E-state index in [2.05, 4.69) is 20.1 Å². The molecule has 0 amide bonds. The number of aromatic nitrogens is 5. The van der Waals surface area contributed by atoms with Crippen LogP contribution in [0.15, 0.2) is 12.4 Å². The zero-order chi connectivity index (χ0) is 15.7. The van der Waals surface area contributed by atoms with Gasteiger partial charge in [0.1, 0.15) is 12.9 Å². The Labute approximate surface area is 127 Å². The molecule has 116 valence electrons. The lowest BCUT2D eigenvalue weighted by Gasteiger charge is -2.07. The second-order valence-electron chi connectivity index (χ2n) is 5.48. The van der Waals surface area contributed by atoms with Crippen molar-refractivity contribution >= 4 is 11.8 Å². The molecule has 0 spiro atoms. The molecule has 1 aliphatic rings. The molecule has 2 heterocycles. The number of esters is 1. The molecule has 0 radical (unpaired) electrons. The molecule has 0 saturated heterocycles. The third kappa shape index (κ3) is 2.90. The number of carbonyl (C=O) groups excluding carboxylic acids is 2. The van der Waals surface area contributed by atoms with Crippen LogP contribution >= 0.6 is 0 Å². The van der Waals surface area contributed by atoms with Gasteiger partial charge in [-0.1, -0.05) is 0 Å². The molecule has 0 bridgehead atoms. The minimum absolute atomic E-state index is 0.110. The smallest absolute Gasteiger partial charge is 0.328 e. The number of aryl methyl sites for hydroxylation is 1. The Bertz CT molecular complexity index is 700. The van der Waals surface area contributed by atoms with Crippen molar-refractivity contribution in [2.45, 2.75) is 39.3 Å². The van der Waals surface area contributed by atoms with Gasteiger partial charge in [0.25, 0.3) is 0 Å². The van der Waals surface area contributed by atoms with Crippen molar-refractivity contribution in [3.63, 3.8) is 0 Å². The summed E-state index contributed by atoms with van der Waals surface area (Å²) in [5.41, 5.74) is 2.64. The summed E-state index contributed by atoms with van der Waals surface area (Å²) < 4.78 is 8.43. The fraction of sp³-hybridized carbons (Fsp3) is 0.500. The number of ketones is 1. The molecule has 2 aromatic heterocycles. The zero-order valence-electron chi connectivity index (χ0n) is 12.5. The van der Waals surface area contributed by atoms with E-state index in [1.165, 1.54) is 11.0 Å². The van der Waals surface area contributed by atoms with Crippen LogP contribution in [-0.2, 0) is 16.1 Å². The van der Waals surface area contributed by atoms with Crippen molar-refractivity contribution in [2.75, 3.05) is 6.61 Å². The van der Waals surface area contributed by atoms with Gasteiger partial charge in [-0.2, -0.15) is 0 Å². The predicted octanol–water partition coefficient (Wildman–Crippen LogP) is 0.852. The quantitative estimate of drug-likeness (QED) is 0.580. The van der Waals surface area contributed by atoms with E-state index in [0.29, 0.717) is 11.6 Å². The van der Waals surface area contributed by atoms with Crippen LogP contribution in [-0.4, -0.2) is 43.1 Å². The number of ether oxygens (including phenoxy) is 1. The van der Waals surface area contributed by atoms with Gasteiger partial charge in [0.05, 0.1) is 0 Å². The molecule has 0 aliphatic heterocycles. The van der Waals surface area contributed by atoms with E-state index in [0.717, 1.165) is 24.2 Å². The maximum absolute atomic E-state index is 12.2. The van der Waals surface area contributed by atoms with Crippen LogP contribution < -0.4 is 0 Å². The molecule has 1 saturated carbocycles. The highest BCUT2D eigenvalue weighted by Crippen LogP contribution is 2.38. The van der Waals surface area contributed by atoms with Gasteiger partial charge < -0.3 is 9.30 Å². The van der Waals surface area contributed by atoms with Gasteiger partial charge in [0.2, 0.25) is 5.78 Å². The fourth-order valence-corrected chi connectivity index (χ4v) is 2.61. The third-order valence-corrected chi connectivity index (χ3v) is 3.74. The van der Waals surface area contributed by atoms with Crippen LogP contribution in [0.1, 0.15) is 40.6 Å². The second-order valence-corrected chi connectivity index (χ2v) is 5.48. The maximum atomic E-state index is 12.2. The summed E-state index contributed by atoms with van der Waals surface area (Å²) in [6.45, 7) is 3.55. The first-order valence-corrected chi connectivity index (χ1v) is 7.14. The molecule has 0 unspecified atom stereocenters. The van der Waals surface area contributed by atoms with Gasteiger partial charge in [0, 0.05) is 23.0 Å². The summed E-state index contributed by atoms with van der Waals surface area (Å²) in [4.78, 5) is 23.9. The SMILES string of the molecule is Cc1cc(C(=O)COC(=O)Cn2cnnn2)c(C)n1C1CC1. The Morgan fingerprint density at radius 2 is 2.14 bits per heavy atom. The Morgan fingerprint density at radius 1 is 1.36 bits per heavy atom. The number of carbonyl (C=O) groups is 2. The first kappa shape index (κ1) is 14.4. The normalized spacial score (nSPS) is 14.1. The molecule has 8 heteroatoms. The lowest BCUT2D eigenvalue weighted by Crippen LogP contribution is -2.19. The Kier molecular flexibility index (Phi) is 3.74. The largest absolute Gasteiger partial charge is 0.456 e. The van der Waals surface area contributed by atoms with Crippen LogP contribution in [0.5, 0.6) is 0 Å². The van der Waals surface area contributed by atoms with Crippen LogP contribution in [0.4, 0.5) is 0 Å². The molecule has 8 nitrogen and oxygen atoms in total. The lowest BCUT2D eigenvalue weighted by atomic mass is 10.1. The number of Topliss-reactive ketones (excluding diaryl/α,β-unsaturated/α-hetero) is 1. The van der Waals surface area contributed by atoms with Crippen molar-refractivity contribution in [2.24, 2.45) is 0 Å². The van der Waals surface area contributed by atoms with Crippen molar-refractivity contribution in [1.29, 1.82) is 0 Å². The Morgan fingerprint density at radius 3 is 2.77 bits per heavy atom. The molecule has 2 aromatic rings. The van der Waals surface area contributed by atoms with Gasteiger partial charge in [-0.05, 0) is 43.2 Å². The van der Waals surface area contributed by atoms with E-state index in [1.54, 1.807) is 0 Å². The number of hydrogen-bond donors (Lipinski definition) is 0. The van der Waals surface area contributed by atoms with E-state index >= 15 is 0 Å². The Balaban J connectivity index is 1.60. The summed E-state index contributed by atoms with van der Waals surface area (Å²) in [6, 6.07) is 2.38. The van der Waals surface area contributed by atoms with Crippen LogP contribution in [0.25, 0.3) is 0 Å². The lowest BCUT2D eigenvalue weighted by molar-refractivity contribution is -0.143. The topological polar surface area (TPSA) is 91.9 Å².